The first kappa shape index (κ1) is 18.5. The fraction of sp³-hybridized carbons (Fsp3) is 0.750. The molecule has 1 rings (SSSR count). The molecule has 1 heterocycles. The number of rotatable bonds is 5. The number of hydrogen-bond acceptors (Lipinski definition) is 5. The number of likely N-dealkylation sites (tertiary alicyclic amines) is 1. The van der Waals surface area contributed by atoms with Crippen LogP contribution in [0.5, 0.6) is 0 Å². The minimum absolute atomic E-state index is 0.331. The Hall–Kier alpha value is -1.56. The van der Waals surface area contributed by atoms with Gasteiger partial charge in [0.05, 0.1) is 0 Å². The number of nitrogens with one attached hydrogen (secondary N) is 1. The number of amides is 1. The van der Waals surface area contributed by atoms with E-state index in [1.54, 1.807) is 19.5 Å². The fourth-order valence-corrected chi connectivity index (χ4v) is 2.45. The second-order valence-corrected chi connectivity index (χ2v) is 6.73. The van der Waals surface area contributed by atoms with E-state index in [9.17, 15) is 4.79 Å². The van der Waals surface area contributed by atoms with E-state index in [0.29, 0.717) is 12.5 Å². The molecule has 0 unspecified atom stereocenters. The molecule has 0 spiro atoms. The molecule has 1 aliphatic rings. The largest absolute Gasteiger partial charge is 0.444 e. The van der Waals surface area contributed by atoms with Gasteiger partial charge in [-0.25, -0.2) is 4.79 Å². The minimum atomic E-state index is -0.445. The molecule has 0 saturated carbocycles. The van der Waals surface area contributed by atoms with Gasteiger partial charge in [0.15, 0.2) is 0 Å². The van der Waals surface area contributed by atoms with Crippen molar-refractivity contribution in [3.63, 3.8) is 0 Å². The first-order valence-electron chi connectivity index (χ1n) is 7.86. The third-order valence-corrected chi connectivity index (χ3v) is 3.56. The van der Waals surface area contributed by atoms with E-state index in [1.807, 2.05) is 20.8 Å². The van der Waals surface area contributed by atoms with Crippen molar-refractivity contribution >= 4 is 12.3 Å². The molecule has 1 aliphatic heterocycles. The summed E-state index contributed by atoms with van der Waals surface area (Å²) in [6.45, 7) is 9.14. The highest BCUT2D eigenvalue weighted by Crippen LogP contribution is 2.17. The van der Waals surface area contributed by atoms with Crippen LogP contribution in [-0.2, 0) is 4.74 Å². The van der Waals surface area contributed by atoms with Crippen LogP contribution in [0.25, 0.3) is 0 Å². The topological polar surface area (TPSA) is 80.0 Å². The second-order valence-electron chi connectivity index (χ2n) is 6.73. The van der Waals surface area contributed by atoms with E-state index in [0.717, 1.165) is 38.0 Å². The van der Waals surface area contributed by atoms with Crippen LogP contribution in [0.15, 0.2) is 16.8 Å². The lowest BCUT2D eigenvalue weighted by Crippen LogP contribution is -2.40. The maximum atomic E-state index is 11.6. The molecule has 3 N–H and O–H groups in total. The number of piperidine rings is 1. The normalized spacial score (nSPS) is 18.6. The number of carbonyl (C=O) groups is 1. The first-order valence-corrected chi connectivity index (χ1v) is 7.86. The number of alkyl carbamates (subject to hydrolysis) is 1. The Bertz CT molecular complexity index is 405. The summed E-state index contributed by atoms with van der Waals surface area (Å²) in [6, 6.07) is 0. The highest BCUT2D eigenvalue weighted by Gasteiger charge is 2.21. The van der Waals surface area contributed by atoms with E-state index in [1.165, 1.54) is 0 Å². The Kier molecular flexibility index (Phi) is 7.38. The van der Waals surface area contributed by atoms with Crippen molar-refractivity contribution in [1.82, 2.24) is 10.2 Å². The number of ether oxygens (including phenoxy) is 1. The van der Waals surface area contributed by atoms with Crippen molar-refractivity contribution in [2.24, 2.45) is 16.6 Å². The summed E-state index contributed by atoms with van der Waals surface area (Å²) in [5.41, 5.74) is 6.18. The number of nitrogens with zero attached hydrogens (tertiary/aromatic N) is 2. The summed E-state index contributed by atoms with van der Waals surface area (Å²) in [5.74, 6) is 0.508. The molecule has 6 heteroatoms. The minimum Gasteiger partial charge on any atom is -0.444 e. The third kappa shape index (κ3) is 7.45. The van der Waals surface area contributed by atoms with Gasteiger partial charge in [-0.2, -0.15) is 0 Å². The Labute approximate surface area is 133 Å². The van der Waals surface area contributed by atoms with Crippen LogP contribution in [0.2, 0.25) is 0 Å². The van der Waals surface area contributed by atoms with Crippen molar-refractivity contribution in [1.29, 1.82) is 0 Å². The van der Waals surface area contributed by atoms with Crippen LogP contribution in [-0.4, -0.2) is 56.0 Å². The molecule has 1 fully saturated rings. The van der Waals surface area contributed by atoms with Gasteiger partial charge in [-0.3, -0.25) is 9.89 Å². The monoisotopic (exact) mass is 310 g/mol. The van der Waals surface area contributed by atoms with Gasteiger partial charge in [0.1, 0.15) is 5.60 Å². The molecule has 0 atom stereocenters. The van der Waals surface area contributed by atoms with E-state index in [4.69, 9.17) is 10.5 Å². The summed E-state index contributed by atoms with van der Waals surface area (Å²) in [5, 5.41) is 2.86. The predicted octanol–water partition coefficient (Wildman–Crippen LogP) is 1.77. The zero-order valence-electron chi connectivity index (χ0n) is 14.3. The Balaban J connectivity index is 2.27. The average molecular weight is 310 g/mol. The van der Waals surface area contributed by atoms with Crippen LogP contribution < -0.4 is 11.1 Å². The number of carbonyl (C=O) groups excluding carboxylic acids is 1. The lowest BCUT2D eigenvalue weighted by atomic mass is 9.96. The molecule has 1 amide bonds. The SMILES string of the molecule is CN=CC(=CN)CN1CCC(CNC(=O)OC(C)(C)C)CC1. The van der Waals surface area contributed by atoms with Crippen LogP contribution in [0, 0.1) is 5.92 Å². The molecule has 0 bridgehead atoms. The van der Waals surface area contributed by atoms with E-state index in [2.05, 4.69) is 15.2 Å². The van der Waals surface area contributed by atoms with Crippen molar-refractivity contribution in [2.75, 3.05) is 33.2 Å². The van der Waals surface area contributed by atoms with Crippen LogP contribution in [0.3, 0.4) is 0 Å². The first-order chi connectivity index (χ1) is 10.3. The van der Waals surface area contributed by atoms with Gasteiger partial charge in [0, 0.05) is 26.4 Å². The zero-order valence-corrected chi connectivity index (χ0v) is 14.3. The highest BCUT2D eigenvalue weighted by atomic mass is 16.6. The molecule has 22 heavy (non-hydrogen) atoms. The fourth-order valence-electron chi connectivity index (χ4n) is 2.45. The highest BCUT2D eigenvalue weighted by molar-refractivity contribution is 5.78. The second kappa shape index (κ2) is 8.78. The van der Waals surface area contributed by atoms with Gasteiger partial charge in [-0.05, 0) is 64.4 Å². The molecule has 126 valence electrons. The predicted molar refractivity (Wildman–Crippen MR) is 90.1 cm³/mol. The van der Waals surface area contributed by atoms with Crippen LogP contribution in [0.4, 0.5) is 4.79 Å². The maximum Gasteiger partial charge on any atom is 0.407 e. The molecule has 0 radical (unpaired) electrons. The molecular formula is C16H30N4O2. The van der Waals surface area contributed by atoms with Gasteiger partial charge < -0.3 is 15.8 Å². The Morgan fingerprint density at radius 3 is 2.55 bits per heavy atom. The van der Waals surface area contributed by atoms with Gasteiger partial charge >= 0.3 is 6.09 Å². The molecule has 0 aromatic carbocycles. The zero-order chi connectivity index (χ0) is 16.6. The van der Waals surface area contributed by atoms with Crippen molar-refractivity contribution in [3.8, 4) is 0 Å². The van der Waals surface area contributed by atoms with Gasteiger partial charge in [0.25, 0.3) is 0 Å². The average Bonchev–Trinajstić information content (AvgIpc) is 2.44. The molecule has 0 aliphatic carbocycles. The van der Waals surface area contributed by atoms with Crippen molar-refractivity contribution in [2.45, 2.75) is 39.2 Å². The molecular weight excluding hydrogens is 280 g/mol. The smallest absolute Gasteiger partial charge is 0.407 e. The van der Waals surface area contributed by atoms with Crippen molar-refractivity contribution in [3.05, 3.63) is 11.8 Å². The van der Waals surface area contributed by atoms with Gasteiger partial charge in [-0.1, -0.05) is 0 Å². The lowest BCUT2D eigenvalue weighted by molar-refractivity contribution is 0.0510. The Morgan fingerprint density at radius 2 is 2.05 bits per heavy atom. The van der Waals surface area contributed by atoms with Crippen LogP contribution >= 0.6 is 0 Å². The summed E-state index contributed by atoms with van der Waals surface area (Å²) < 4.78 is 5.25. The summed E-state index contributed by atoms with van der Waals surface area (Å²) >= 11 is 0. The van der Waals surface area contributed by atoms with E-state index < -0.39 is 5.60 Å². The summed E-state index contributed by atoms with van der Waals surface area (Å²) in [4.78, 5) is 18.0. The standard InChI is InChI=1S/C16H30N4O2/c1-16(2,3)22-15(21)19-11-13-5-7-20(8-6-13)12-14(9-17)10-18-4/h9-10,13H,5-8,11-12,17H2,1-4H3,(H,19,21). The summed E-state index contributed by atoms with van der Waals surface area (Å²) in [7, 11) is 1.75. The number of hydrogen-bond donors (Lipinski definition) is 2. The Morgan fingerprint density at radius 1 is 1.41 bits per heavy atom. The molecule has 0 aromatic rings. The molecule has 0 aromatic heterocycles. The molecule has 6 nitrogen and oxygen atoms in total. The van der Waals surface area contributed by atoms with E-state index in [-0.39, 0.29) is 6.09 Å². The number of aliphatic imine (C=N–C) groups is 1. The van der Waals surface area contributed by atoms with Crippen LogP contribution in [0.1, 0.15) is 33.6 Å². The third-order valence-electron chi connectivity index (χ3n) is 3.56. The van der Waals surface area contributed by atoms with E-state index >= 15 is 0 Å². The number of nitrogens with two attached hydrogens (primary N) is 1. The quantitative estimate of drug-likeness (QED) is 0.758. The lowest BCUT2D eigenvalue weighted by Gasteiger charge is -2.32. The van der Waals surface area contributed by atoms with Gasteiger partial charge in [0.2, 0.25) is 0 Å². The summed E-state index contributed by atoms with van der Waals surface area (Å²) in [6.07, 6.45) is 5.22. The molecule has 1 saturated heterocycles. The van der Waals surface area contributed by atoms with Crippen molar-refractivity contribution < 1.29 is 9.53 Å². The van der Waals surface area contributed by atoms with Gasteiger partial charge in [-0.15, -0.1) is 0 Å². The maximum absolute atomic E-state index is 11.6.